The topological polar surface area (TPSA) is 76.9 Å². The highest BCUT2D eigenvalue weighted by Crippen LogP contribution is 2.25. The van der Waals surface area contributed by atoms with Gasteiger partial charge in [0, 0.05) is 11.5 Å². The molecule has 2 aromatic carbocycles. The smallest absolute Gasteiger partial charge is 0.485 e. The van der Waals surface area contributed by atoms with Crippen LogP contribution in [0, 0.1) is 0 Å². The van der Waals surface area contributed by atoms with Gasteiger partial charge in [-0.15, -0.1) is 0 Å². The zero-order chi connectivity index (χ0) is 19.1. The molecule has 0 bridgehead atoms. The second kappa shape index (κ2) is 6.26. The molecule has 0 aliphatic rings. The highest BCUT2D eigenvalue weighted by Gasteiger charge is 2.36. The van der Waals surface area contributed by atoms with E-state index in [0.717, 1.165) is 0 Å². The first-order chi connectivity index (χ1) is 12.1. The summed E-state index contributed by atoms with van der Waals surface area (Å²) in [5, 5.41) is 2.54. The minimum absolute atomic E-state index is 1.19. The molecule has 0 aliphatic carbocycles. The van der Waals surface area contributed by atoms with Crippen molar-refractivity contribution in [2.45, 2.75) is 5.51 Å². The van der Waals surface area contributed by atoms with E-state index in [1.807, 2.05) is 0 Å². The number of pyridine rings is 1. The summed E-state index contributed by atoms with van der Waals surface area (Å²) in [4.78, 5) is 3.49. The molecule has 0 aliphatic heterocycles. The van der Waals surface area contributed by atoms with Gasteiger partial charge in [-0.2, -0.15) is 17.7 Å². The largest absolute Gasteiger partial charge is 0.741 e. The SMILES string of the molecule is C[n+]1c2ccccc2cc2[nH]c3ccccc3c21.O=S(=O)([O-])C(F)(F)F. The second-order valence-electron chi connectivity index (χ2n) is 5.59. The number of halogens is 3. The van der Waals surface area contributed by atoms with Crippen molar-refractivity contribution >= 4 is 43.0 Å². The van der Waals surface area contributed by atoms with Crippen LogP contribution in [0.2, 0.25) is 0 Å². The fourth-order valence-electron chi connectivity index (χ4n) is 2.80. The minimum Gasteiger partial charge on any atom is -0.741 e. The minimum atomic E-state index is -6.09. The summed E-state index contributed by atoms with van der Waals surface area (Å²) >= 11 is 0. The molecule has 9 heteroatoms. The zero-order valence-electron chi connectivity index (χ0n) is 13.4. The summed E-state index contributed by atoms with van der Waals surface area (Å²) in [6.07, 6.45) is 0. The Balaban J connectivity index is 0.000000211. The van der Waals surface area contributed by atoms with Crippen LogP contribution in [0.25, 0.3) is 32.8 Å². The average molecular weight is 382 g/mol. The zero-order valence-corrected chi connectivity index (χ0v) is 14.2. The first-order valence-electron chi connectivity index (χ1n) is 7.40. The standard InChI is InChI=1S/C16H12N2.CHF3O3S/c1-18-15-9-5-2-6-11(15)10-14-16(18)12-7-3-4-8-13(12)17-14;2-1(3,4)8(5,6)7/h2-10H,1H3;(H,5,6,7). The summed E-state index contributed by atoms with van der Waals surface area (Å²) in [5.41, 5.74) is -0.734. The van der Waals surface area contributed by atoms with E-state index in [4.69, 9.17) is 13.0 Å². The molecule has 0 radical (unpaired) electrons. The maximum atomic E-state index is 10.7. The van der Waals surface area contributed by atoms with Crippen molar-refractivity contribution in [1.29, 1.82) is 0 Å². The molecular weight excluding hydrogens is 369 g/mol. The molecule has 0 spiro atoms. The summed E-state index contributed by atoms with van der Waals surface area (Å²) in [6.45, 7) is 0. The van der Waals surface area contributed by atoms with Crippen LogP contribution < -0.4 is 4.57 Å². The highest BCUT2D eigenvalue weighted by atomic mass is 32.2. The number of aromatic amines is 1. The molecule has 1 N–H and O–H groups in total. The van der Waals surface area contributed by atoms with Gasteiger partial charge in [-0.3, -0.25) is 0 Å². The van der Waals surface area contributed by atoms with Crippen LogP contribution in [0.15, 0.2) is 54.6 Å². The fourth-order valence-corrected chi connectivity index (χ4v) is 2.80. The maximum Gasteiger partial charge on any atom is 0.485 e. The Hall–Kier alpha value is -2.65. The Morgan fingerprint density at radius 3 is 2.23 bits per heavy atom. The van der Waals surface area contributed by atoms with Gasteiger partial charge in [-0.05, 0) is 24.3 Å². The predicted molar refractivity (Wildman–Crippen MR) is 90.2 cm³/mol. The quantitative estimate of drug-likeness (QED) is 0.288. The number of para-hydroxylation sites is 2. The Morgan fingerprint density at radius 2 is 1.58 bits per heavy atom. The molecule has 26 heavy (non-hydrogen) atoms. The van der Waals surface area contributed by atoms with E-state index < -0.39 is 15.6 Å². The molecular formula is C17H13F3N2O3S. The van der Waals surface area contributed by atoms with Gasteiger partial charge in [0.25, 0.3) is 0 Å². The van der Waals surface area contributed by atoms with Crippen LogP contribution in [0.3, 0.4) is 0 Å². The predicted octanol–water partition coefficient (Wildman–Crippen LogP) is 3.35. The first kappa shape index (κ1) is 18.2. The third-order valence-electron chi connectivity index (χ3n) is 3.92. The molecule has 5 nitrogen and oxygen atoms in total. The van der Waals surface area contributed by atoms with Gasteiger partial charge >= 0.3 is 5.51 Å². The van der Waals surface area contributed by atoms with Crippen molar-refractivity contribution in [2.24, 2.45) is 7.05 Å². The van der Waals surface area contributed by atoms with Crippen molar-refractivity contribution < 1.29 is 30.7 Å². The monoisotopic (exact) mass is 382 g/mol. The van der Waals surface area contributed by atoms with Crippen molar-refractivity contribution in [1.82, 2.24) is 4.98 Å². The lowest BCUT2D eigenvalue weighted by Crippen LogP contribution is -2.29. The van der Waals surface area contributed by atoms with Crippen LogP contribution >= 0.6 is 0 Å². The molecule has 136 valence electrons. The lowest BCUT2D eigenvalue weighted by atomic mass is 10.1. The van der Waals surface area contributed by atoms with Gasteiger partial charge < -0.3 is 9.54 Å². The van der Waals surface area contributed by atoms with Crippen LogP contribution in [-0.4, -0.2) is 23.5 Å². The van der Waals surface area contributed by atoms with Crippen molar-refractivity contribution in [3.63, 3.8) is 0 Å². The van der Waals surface area contributed by atoms with E-state index in [1.165, 1.54) is 32.8 Å². The third kappa shape index (κ3) is 3.23. The molecule has 0 atom stereocenters. The number of rotatable bonds is 0. The van der Waals surface area contributed by atoms with Gasteiger partial charge in [-0.1, -0.05) is 24.3 Å². The molecule has 2 aromatic heterocycles. The molecule has 0 fully saturated rings. The van der Waals surface area contributed by atoms with Gasteiger partial charge in [0.05, 0.1) is 10.9 Å². The number of hydrogen-bond donors (Lipinski definition) is 1. The molecule has 2 heterocycles. The summed E-state index contributed by atoms with van der Waals surface area (Å²) < 4.78 is 61.2. The molecule has 4 aromatic rings. The van der Waals surface area contributed by atoms with Gasteiger partial charge in [0.15, 0.2) is 10.1 Å². The van der Waals surface area contributed by atoms with E-state index >= 15 is 0 Å². The Bertz CT molecular complexity index is 1210. The highest BCUT2D eigenvalue weighted by molar-refractivity contribution is 7.86. The van der Waals surface area contributed by atoms with Gasteiger partial charge in [-0.25, -0.2) is 8.42 Å². The number of benzene rings is 2. The van der Waals surface area contributed by atoms with Gasteiger partial charge in [0.1, 0.15) is 12.6 Å². The van der Waals surface area contributed by atoms with Crippen molar-refractivity contribution in [2.75, 3.05) is 0 Å². The molecule has 0 saturated heterocycles. The number of nitrogens with zero attached hydrogens (tertiary/aromatic N) is 1. The molecule has 4 rings (SSSR count). The number of hydrogen-bond acceptors (Lipinski definition) is 3. The second-order valence-corrected chi connectivity index (χ2v) is 6.97. The number of alkyl halides is 3. The number of H-pyrrole nitrogens is 1. The Labute approximate surface area is 146 Å². The maximum absolute atomic E-state index is 10.7. The average Bonchev–Trinajstić information content (AvgIpc) is 2.92. The van der Waals surface area contributed by atoms with Gasteiger partial charge in [0.2, 0.25) is 11.0 Å². The summed E-state index contributed by atoms with van der Waals surface area (Å²) in [5.74, 6) is 0. The van der Waals surface area contributed by atoms with E-state index in [9.17, 15) is 13.2 Å². The Morgan fingerprint density at radius 1 is 1.00 bits per heavy atom. The number of nitrogens with one attached hydrogen (secondary N) is 1. The number of aromatic nitrogens is 2. The van der Waals surface area contributed by atoms with Crippen LogP contribution in [0.4, 0.5) is 13.2 Å². The third-order valence-corrected chi connectivity index (χ3v) is 4.49. The lowest BCUT2D eigenvalue weighted by Gasteiger charge is -2.08. The summed E-state index contributed by atoms with van der Waals surface area (Å²) in [7, 11) is -3.96. The van der Waals surface area contributed by atoms with Crippen molar-refractivity contribution in [3.05, 3.63) is 54.6 Å². The van der Waals surface area contributed by atoms with Crippen LogP contribution in [0.1, 0.15) is 0 Å². The first-order valence-corrected chi connectivity index (χ1v) is 8.81. The van der Waals surface area contributed by atoms with Crippen molar-refractivity contribution in [3.8, 4) is 0 Å². The molecule has 0 saturated carbocycles. The molecule has 0 unspecified atom stereocenters. The fraction of sp³-hybridized carbons (Fsp3) is 0.118. The van der Waals surface area contributed by atoms with E-state index in [0.29, 0.717) is 0 Å². The van der Waals surface area contributed by atoms with Crippen LogP contribution in [0.5, 0.6) is 0 Å². The van der Waals surface area contributed by atoms with E-state index in [2.05, 4.69) is 71.2 Å². The van der Waals surface area contributed by atoms with E-state index in [-0.39, 0.29) is 0 Å². The van der Waals surface area contributed by atoms with Crippen LogP contribution in [-0.2, 0) is 17.2 Å². The Kier molecular flexibility index (Phi) is 4.37. The number of aryl methyl sites for hydroxylation is 1. The summed E-state index contributed by atoms with van der Waals surface area (Å²) in [6, 6.07) is 19.2. The normalized spacial score (nSPS) is 12.3. The van der Waals surface area contributed by atoms with E-state index in [1.54, 1.807) is 0 Å². The number of fused-ring (bicyclic) bond motifs is 4. The molecule has 0 amide bonds. The lowest BCUT2D eigenvalue weighted by molar-refractivity contribution is -0.616.